The molecular formula is C21H17FN2O2S2. The molecule has 7 heteroatoms. The summed E-state index contributed by atoms with van der Waals surface area (Å²) in [5, 5.41) is 0.442. The van der Waals surface area contributed by atoms with Gasteiger partial charge in [-0.15, -0.1) is 11.8 Å². The third-order valence-electron chi connectivity index (χ3n) is 4.15. The molecule has 0 spiro atoms. The number of rotatable bonds is 6. The van der Waals surface area contributed by atoms with Crippen LogP contribution in [0.1, 0.15) is 23.0 Å². The van der Waals surface area contributed by atoms with Crippen LogP contribution in [0.15, 0.2) is 70.2 Å². The van der Waals surface area contributed by atoms with E-state index in [1.807, 2.05) is 31.2 Å². The Kier molecular flexibility index (Phi) is 5.45. The summed E-state index contributed by atoms with van der Waals surface area (Å²) in [6.45, 7) is 2.27. The van der Waals surface area contributed by atoms with Gasteiger partial charge in [-0.05, 0) is 42.2 Å². The van der Waals surface area contributed by atoms with E-state index in [-0.39, 0.29) is 18.0 Å². The Balaban J connectivity index is 1.79. The average Bonchev–Trinajstić information content (AvgIpc) is 3.36. The first kappa shape index (κ1) is 18.7. The highest BCUT2D eigenvalue weighted by Gasteiger charge is 2.25. The molecule has 28 heavy (non-hydrogen) atoms. The predicted molar refractivity (Wildman–Crippen MR) is 112 cm³/mol. The fourth-order valence-corrected chi connectivity index (χ4v) is 4.65. The van der Waals surface area contributed by atoms with Gasteiger partial charge in [-0.1, -0.05) is 36.5 Å². The molecule has 0 aliphatic carbocycles. The van der Waals surface area contributed by atoms with Crippen molar-refractivity contribution in [2.45, 2.75) is 18.4 Å². The highest BCUT2D eigenvalue weighted by molar-refractivity contribution is 7.99. The van der Waals surface area contributed by atoms with E-state index in [0.29, 0.717) is 21.2 Å². The molecule has 4 rings (SSSR count). The van der Waals surface area contributed by atoms with Gasteiger partial charge in [-0.3, -0.25) is 9.69 Å². The van der Waals surface area contributed by atoms with Crippen molar-refractivity contribution in [2.24, 2.45) is 0 Å². The lowest BCUT2D eigenvalue weighted by molar-refractivity contribution is 0.0980. The zero-order valence-electron chi connectivity index (χ0n) is 15.1. The third-order valence-corrected chi connectivity index (χ3v) is 6.15. The van der Waals surface area contributed by atoms with Crippen LogP contribution in [-0.2, 0) is 6.54 Å². The molecular weight excluding hydrogens is 395 g/mol. The van der Waals surface area contributed by atoms with Crippen molar-refractivity contribution in [2.75, 3.05) is 10.7 Å². The monoisotopic (exact) mass is 412 g/mol. The fourth-order valence-electron chi connectivity index (χ4n) is 2.87. The number of carbonyl (C=O) groups excluding carboxylic acids is 1. The third kappa shape index (κ3) is 3.68. The lowest BCUT2D eigenvalue weighted by atomic mass is 10.2. The first-order valence-electron chi connectivity index (χ1n) is 8.78. The first-order chi connectivity index (χ1) is 13.7. The van der Waals surface area contributed by atoms with Crippen LogP contribution >= 0.6 is 23.1 Å². The minimum Gasteiger partial charge on any atom is -0.467 e. The standard InChI is InChI=1S/C21H17FN2O2S2/c1-2-27-17-10-4-3-8-15(17)20(25)24(13-14-7-6-12-26-14)21-23-19-16(22)9-5-11-18(19)28-21/h3-12H,2,13H2,1H3. The summed E-state index contributed by atoms with van der Waals surface area (Å²) in [4.78, 5) is 20.4. The SMILES string of the molecule is CCSc1ccccc1C(=O)N(Cc1ccco1)c1nc2c(F)cccc2s1. The maximum absolute atomic E-state index is 14.1. The average molecular weight is 413 g/mol. The van der Waals surface area contributed by atoms with Crippen LogP contribution in [0.2, 0.25) is 0 Å². The molecule has 142 valence electrons. The molecule has 0 unspecified atom stereocenters. The molecule has 2 aromatic heterocycles. The van der Waals surface area contributed by atoms with E-state index >= 15 is 0 Å². The lowest BCUT2D eigenvalue weighted by Crippen LogP contribution is -2.30. The number of nitrogens with zero attached hydrogens (tertiary/aromatic N) is 2. The summed E-state index contributed by atoms with van der Waals surface area (Å²) >= 11 is 2.90. The first-order valence-corrected chi connectivity index (χ1v) is 10.6. The second kappa shape index (κ2) is 8.16. The van der Waals surface area contributed by atoms with Crippen molar-refractivity contribution in [1.29, 1.82) is 0 Å². The number of aromatic nitrogens is 1. The van der Waals surface area contributed by atoms with E-state index in [2.05, 4.69) is 4.98 Å². The van der Waals surface area contributed by atoms with Crippen LogP contribution in [0.25, 0.3) is 10.2 Å². The van der Waals surface area contributed by atoms with Crippen molar-refractivity contribution in [3.63, 3.8) is 0 Å². The second-order valence-electron chi connectivity index (χ2n) is 5.98. The molecule has 4 nitrogen and oxygen atoms in total. The Morgan fingerprint density at radius 3 is 2.79 bits per heavy atom. The molecule has 2 aromatic carbocycles. The summed E-state index contributed by atoms with van der Waals surface area (Å²) in [6.07, 6.45) is 1.57. The van der Waals surface area contributed by atoms with E-state index in [1.165, 1.54) is 17.4 Å². The number of anilines is 1. The second-order valence-corrected chi connectivity index (χ2v) is 8.30. The summed E-state index contributed by atoms with van der Waals surface area (Å²) < 4.78 is 20.3. The van der Waals surface area contributed by atoms with Crippen molar-refractivity contribution < 1.29 is 13.6 Å². The van der Waals surface area contributed by atoms with E-state index < -0.39 is 5.82 Å². The number of furan rings is 1. The van der Waals surface area contributed by atoms with Crippen LogP contribution in [0.4, 0.5) is 9.52 Å². The van der Waals surface area contributed by atoms with Crippen molar-refractivity contribution in [1.82, 2.24) is 4.98 Å². The maximum Gasteiger partial charge on any atom is 0.261 e. The molecule has 0 radical (unpaired) electrons. The van der Waals surface area contributed by atoms with Crippen molar-refractivity contribution >= 4 is 44.4 Å². The summed E-state index contributed by atoms with van der Waals surface area (Å²) in [6, 6.07) is 15.9. The van der Waals surface area contributed by atoms with E-state index in [1.54, 1.807) is 47.2 Å². The van der Waals surface area contributed by atoms with Crippen molar-refractivity contribution in [3.8, 4) is 0 Å². The molecule has 0 fully saturated rings. The highest BCUT2D eigenvalue weighted by Crippen LogP contribution is 2.33. The van der Waals surface area contributed by atoms with Gasteiger partial charge in [0.25, 0.3) is 5.91 Å². The van der Waals surface area contributed by atoms with E-state index in [4.69, 9.17) is 4.42 Å². The van der Waals surface area contributed by atoms with Gasteiger partial charge in [0.15, 0.2) is 5.13 Å². The lowest BCUT2D eigenvalue weighted by Gasteiger charge is -2.20. The number of benzene rings is 2. The molecule has 2 heterocycles. The smallest absolute Gasteiger partial charge is 0.261 e. The van der Waals surface area contributed by atoms with Gasteiger partial charge < -0.3 is 4.42 Å². The Morgan fingerprint density at radius 2 is 2.04 bits per heavy atom. The Morgan fingerprint density at radius 1 is 1.18 bits per heavy atom. The number of hydrogen-bond acceptors (Lipinski definition) is 5. The summed E-state index contributed by atoms with van der Waals surface area (Å²) in [7, 11) is 0. The Bertz CT molecular complexity index is 1110. The van der Waals surface area contributed by atoms with Crippen LogP contribution in [0, 0.1) is 5.82 Å². The number of hydrogen-bond donors (Lipinski definition) is 0. The Labute approximate surface area is 170 Å². The minimum atomic E-state index is -0.396. The number of thioether (sulfide) groups is 1. The molecule has 0 saturated carbocycles. The van der Waals surface area contributed by atoms with Gasteiger partial charge in [-0.25, -0.2) is 9.37 Å². The molecule has 0 aliphatic heterocycles. The van der Waals surface area contributed by atoms with E-state index in [0.717, 1.165) is 10.6 Å². The van der Waals surface area contributed by atoms with Gasteiger partial charge in [0.2, 0.25) is 0 Å². The van der Waals surface area contributed by atoms with E-state index in [9.17, 15) is 9.18 Å². The molecule has 0 atom stereocenters. The number of para-hydroxylation sites is 1. The fraction of sp³-hybridized carbons (Fsp3) is 0.143. The predicted octanol–water partition coefficient (Wildman–Crippen LogP) is 5.99. The Hall–Kier alpha value is -2.64. The molecule has 1 amide bonds. The minimum absolute atomic E-state index is 0.188. The van der Waals surface area contributed by atoms with Gasteiger partial charge in [0.05, 0.1) is 23.1 Å². The summed E-state index contributed by atoms with van der Waals surface area (Å²) in [5.74, 6) is 0.905. The number of fused-ring (bicyclic) bond motifs is 1. The normalized spacial score (nSPS) is 11.1. The number of amides is 1. The topological polar surface area (TPSA) is 46.3 Å². The highest BCUT2D eigenvalue weighted by atomic mass is 32.2. The van der Waals surface area contributed by atoms with Crippen molar-refractivity contribution in [3.05, 3.63) is 78.0 Å². The van der Waals surface area contributed by atoms with Crippen LogP contribution in [-0.4, -0.2) is 16.6 Å². The summed E-state index contributed by atoms with van der Waals surface area (Å²) in [5.41, 5.74) is 0.872. The molecule has 4 aromatic rings. The maximum atomic E-state index is 14.1. The largest absolute Gasteiger partial charge is 0.467 e. The zero-order valence-corrected chi connectivity index (χ0v) is 16.7. The number of halogens is 1. The van der Waals surface area contributed by atoms with Crippen LogP contribution in [0.5, 0.6) is 0 Å². The number of carbonyl (C=O) groups is 1. The molecule has 0 bridgehead atoms. The van der Waals surface area contributed by atoms with Gasteiger partial charge in [-0.2, -0.15) is 0 Å². The quantitative estimate of drug-likeness (QED) is 0.365. The molecule has 0 saturated heterocycles. The van der Waals surface area contributed by atoms with Gasteiger partial charge in [0, 0.05) is 4.90 Å². The zero-order chi connectivity index (χ0) is 19.5. The van der Waals surface area contributed by atoms with Gasteiger partial charge >= 0.3 is 0 Å². The molecule has 0 N–H and O–H groups in total. The van der Waals surface area contributed by atoms with Crippen LogP contribution in [0.3, 0.4) is 0 Å². The van der Waals surface area contributed by atoms with Gasteiger partial charge in [0.1, 0.15) is 17.1 Å². The van der Waals surface area contributed by atoms with Crippen LogP contribution < -0.4 is 4.90 Å². The number of thiazole rings is 1. The molecule has 0 aliphatic rings.